The third-order valence-electron chi connectivity index (χ3n) is 12.5. The molecule has 1 heterocycles. The van der Waals surface area contributed by atoms with Crippen LogP contribution in [-0.2, 0) is 42.9 Å². The van der Waals surface area contributed by atoms with Gasteiger partial charge in [0.25, 0.3) is 0 Å². The van der Waals surface area contributed by atoms with E-state index in [1.807, 2.05) is 12.2 Å². The molecule has 0 radical (unpaired) electrons. The van der Waals surface area contributed by atoms with Crippen LogP contribution >= 0.6 is 0 Å². The lowest BCUT2D eigenvalue weighted by Crippen LogP contribution is -2.61. The molecule has 6 unspecified atom stereocenters. The summed E-state index contributed by atoms with van der Waals surface area (Å²) in [4.78, 5) is 51.0. The summed E-state index contributed by atoms with van der Waals surface area (Å²) < 4.78 is 28.2. The van der Waals surface area contributed by atoms with Crippen molar-refractivity contribution in [1.29, 1.82) is 0 Å². The summed E-state index contributed by atoms with van der Waals surface area (Å²) in [5, 5.41) is 31.4. The van der Waals surface area contributed by atoms with E-state index in [1.54, 1.807) is 12.2 Å². The summed E-state index contributed by atoms with van der Waals surface area (Å²) in [6.07, 6.45) is 59.1. The van der Waals surface area contributed by atoms with Crippen LogP contribution < -0.4 is 0 Å². The maximum atomic E-state index is 13.1. The Morgan fingerprint density at radius 1 is 0.455 bits per heavy atom. The minimum absolute atomic E-state index is 0.110. The summed E-state index contributed by atoms with van der Waals surface area (Å²) in [5.41, 5.74) is 0. The van der Waals surface area contributed by atoms with Crippen molar-refractivity contribution in [2.75, 3.05) is 13.2 Å². The molecule has 1 aliphatic rings. The summed E-state index contributed by atoms with van der Waals surface area (Å²) in [6, 6.07) is 0. The first-order valence-electron chi connectivity index (χ1n) is 29.5. The number of carboxylic acids is 1. The fourth-order valence-corrected chi connectivity index (χ4v) is 8.07. The van der Waals surface area contributed by atoms with Gasteiger partial charge in [0.15, 0.2) is 24.6 Å². The van der Waals surface area contributed by atoms with Gasteiger partial charge in [0.05, 0.1) is 13.0 Å². The second-order valence-corrected chi connectivity index (χ2v) is 19.5. The monoisotopic (exact) mass is 1070 g/mol. The van der Waals surface area contributed by atoms with Crippen LogP contribution in [0.15, 0.2) is 122 Å². The molecule has 1 saturated heterocycles. The van der Waals surface area contributed by atoms with E-state index >= 15 is 0 Å². The van der Waals surface area contributed by atoms with Gasteiger partial charge in [-0.2, -0.15) is 0 Å². The van der Waals surface area contributed by atoms with Crippen molar-refractivity contribution in [3.05, 3.63) is 122 Å². The second kappa shape index (κ2) is 51.9. The van der Waals surface area contributed by atoms with Crippen molar-refractivity contribution in [3.63, 3.8) is 0 Å². The molecule has 0 aromatic rings. The number of hydrogen-bond donors (Lipinski definition) is 3. The van der Waals surface area contributed by atoms with E-state index in [2.05, 4.69) is 118 Å². The first kappa shape index (κ1) is 70.1. The fourth-order valence-electron chi connectivity index (χ4n) is 8.07. The molecule has 0 aromatic heterocycles. The Labute approximate surface area is 465 Å². The maximum Gasteiger partial charge on any atom is 0.335 e. The lowest BCUT2D eigenvalue weighted by atomic mass is 9.98. The van der Waals surface area contributed by atoms with Gasteiger partial charge in [-0.3, -0.25) is 14.4 Å². The Morgan fingerprint density at radius 3 is 1.32 bits per heavy atom. The number of carbonyl (C=O) groups excluding carboxylic acids is 3. The molecule has 6 atom stereocenters. The first-order chi connectivity index (χ1) is 37.6. The van der Waals surface area contributed by atoms with Gasteiger partial charge in [0, 0.05) is 12.8 Å². The highest BCUT2D eigenvalue weighted by Gasteiger charge is 2.50. The Hall–Kier alpha value is -4.88. The highest BCUT2D eigenvalue weighted by Crippen LogP contribution is 2.26. The molecule has 1 fully saturated rings. The standard InChI is InChI=1S/C65H102O12/c1-4-7-10-13-16-19-22-25-27-28-29-30-32-34-36-39-42-45-48-51-57(66)73-54-56(75-58(67)52-49-46-43-40-37-33-24-21-18-15-12-9-6-3)55-74-65-63(61(70)60(69)62(77-65)64(71)72)76-59(68)53-50-47-44-41-38-35-31-26-23-20-17-14-11-8-5-2/h8-9,11-12,16-21,25-27,31,33,37-38,41,47,50,56,60-63,65,69-70H,4-7,10,13-15,22-24,28-30,32,34-36,39-40,42-46,48-49,51-55H2,1-3H3,(H,71,72)/b11-8-,12-9-,19-16-,20-17-,21-18-,27-25-,31-26-,37-33-,41-38-,50-47-. The van der Waals surface area contributed by atoms with Gasteiger partial charge in [-0.25, -0.2) is 4.79 Å². The number of hydrogen-bond acceptors (Lipinski definition) is 11. The first-order valence-corrected chi connectivity index (χ1v) is 29.5. The van der Waals surface area contributed by atoms with Gasteiger partial charge in [-0.1, -0.05) is 206 Å². The number of rotatable bonds is 48. The van der Waals surface area contributed by atoms with Crippen LogP contribution in [-0.4, -0.2) is 89.2 Å². The minimum atomic E-state index is -1.95. The van der Waals surface area contributed by atoms with E-state index in [0.717, 1.165) is 96.3 Å². The summed E-state index contributed by atoms with van der Waals surface area (Å²) in [5.74, 6) is -3.34. The molecule has 77 heavy (non-hydrogen) atoms. The lowest BCUT2D eigenvalue weighted by Gasteiger charge is -2.40. The predicted octanol–water partition coefficient (Wildman–Crippen LogP) is 15.2. The number of unbranched alkanes of at least 4 members (excludes halogenated alkanes) is 15. The number of aliphatic carboxylic acids is 1. The zero-order valence-corrected chi connectivity index (χ0v) is 47.7. The van der Waals surface area contributed by atoms with E-state index in [-0.39, 0.29) is 25.9 Å². The number of aliphatic hydroxyl groups is 2. The quantitative estimate of drug-likeness (QED) is 0.0228. The smallest absolute Gasteiger partial charge is 0.335 e. The third kappa shape index (κ3) is 41.8. The normalized spacial score (nSPS) is 18.9. The zero-order chi connectivity index (χ0) is 56.1. The molecular formula is C65H102O12. The van der Waals surface area contributed by atoms with Gasteiger partial charge >= 0.3 is 23.9 Å². The largest absolute Gasteiger partial charge is 0.479 e. The molecule has 0 spiro atoms. The van der Waals surface area contributed by atoms with Gasteiger partial charge in [0.2, 0.25) is 0 Å². The van der Waals surface area contributed by atoms with E-state index in [0.29, 0.717) is 19.3 Å². The molecule has 3 N–H and O–H groups in total. The van der Waals surface area contributed by atoms with E-state index < -0.39 is 67.3 Å². The number of ether oxygens (including phenoxy) is 5. The van der Waals surface area contributed by atoms with Crippen LogP contribution in [0.5, 0.6) is 0 Å². The summed E-state index contributed by atoms with van der Waals surface area (Å²) >= 11 is 0. The van der Waals surface area contributed by atoms with Crippen molar-refractivity contribution >= 4 is 23.9 Å². The van der Waals surface area contributed by atoms with Gasteiger partial charge in [0.1, 0.15) is 18.8 Å². The molecule has 0 aromatic carbocycles. The number of carbonyl (C=O) groups is 4. The number of esters is 3. The molecule has 0 amide bonds. The topological polar surface area (TPSA) is 175 Å². The molecule has 12 nitrogen and oxygen atoms in total. The molecule has 0 saturated carbocycles. The van der Waals surface area contributed by atoms with E-state index in [9.17, 15) is 34.5 Å². The lowest BCUT2D eigenvalue weighted by molar-refractivity contribution is -0.301. The number of carboxylic acid groups (broad SMARTS) is 1. The SMILES string of the molecule is CC/C=C\C/C=C\C/C=C\C/C=C\C/C=C\CC(=O)OC1C(OCC(COC(=O)CCCCCCCCCCC/C=C\C/C=C\CCCCC)OC(=O)CCCCC/C=C\C/C=C\C/C=C\CC)OC(C(=O)O)C(O)C1O. The molecule has 434 valence electrons. The minimum Gasteiger partial charge on any atom is -0.479 e. The van der Waals surface area contributed by atoms with Gasteiger partial charge in [-0.15, -0.1) is 0 Å². The van der Waals surface area contributed by atoms with Gasteiger partial charge < -0.3 is 39.0 Å². The zero-order valence-electron chi connectivity index (χ0n) is 47.7. The summed E-state index contributed by atoms with van der Waals surface area (Å²) in [7, 11) is 0. The molecular weight excluding hydrogens is 973 g/mol. The van der Waals surface area contributed by atoms with Crippen LogP contribution in [0.25, 0.3) is 0 Å². The predicted molar refractivity (Wildman–Crippen MR) is 312 cm³/mol. The number of aliphatic hydroxyl groups excluding tert-OH is 2. The highest BCUT2D eigenvalue weighted by atomic mass is 16.7. The van der Waals surface area contributed by atoms with Crippen molar-refractivity contribution in [2.45, 2.75) is 250 Å². The van der Waals surface area contributed by atoms with Crippen LogP contribution in [0, 0.1) is 0 Å². The fraction of sp³-hybridized carbons (Fsp3) is 0.631. The third-order valence-corrected chi connectivity index (χ3v) is 12.5. The van der Waals surface area contributed by atoms with Gasteiger partial charge in [-0.05, 0) is 109 Å². The Kier molecular flexibility index (Phi) is 47.2. The van der Waals surface area contributed by atoms with Crippen molar-refractivity contribution in [3.8, 4) is 0 Å². The average Bonchev–Trinajstić information content (AvgIpc) is 3.42. The average molecular weight is 1080 g/mol. The Bertz CT molecular complexity index is 1800. The van der Waals surface area contributed by atoms with Crippen molar-refractivity contribution < 1.29 is 58.2 Å². The molecule has 1 aliphatic heterocycles. The van der Waals surface area contributed by atoms with Crippen LogP contribution in [0.1, 0.15) is 213 Å². The number of allylic oxidation sites excluding steroid dienone is 19. The van der Waals surface area contributed by atoms with Crippen molar-refractivity contribution in [1.82, 2.24) is 0 Å². The van der Waals surface area contributed by atoms with E-state index in [4.69, 9.17) is 23.7 Å². The molecule has 12 heteroatoms. The van der Waals surface area contributed by atoms with Crippen molar-refractivity contribution in [2.24, 2.45) is 0 Å². The molecule has 0 aliphatic carbocycles. The second-order valence-electron chi connectivity index (χ2n) is 19.5. The van der Waals surface area contributed by atoms with Crippen LogP contribution in [0.4, 0.5) is 0 Å². The highest BCUT2D eigenvalue weighted by molar-refractivity contribution is 5.74. The molecule has 1 rings (SSSR count). The summed E-state index contributed by atoms with van der Waals surface area (Å²) in [6.45, 7) is 5.65. The Morgan fingerprint density at radius 2 is 0.857 bits per heavy atom. The maximum absolute atomic E-state index is 13.1. The van der Waals surface area contributed by atoms with Crippen LogP contribution in [0.2, 0.25) is 0 Å². The van der Waals surface area contributed by atoms with Crippen LogP contribution in [0.3, 0.4) is 0 Å². The molecule has 0 bridgehead atoms. The Balaban J connectivity index is 2.74. The van der Waals surface area contributed by atoms with E-state index in [1.165, 1.54) is 57.8 Å².